The van der Waals surface area contributed by atoms with E-state index in [9.17, 15) is 4.79 Å². The van der Waals surface area contributed by atoms with E-state index in [-0.39, 0.29) is 11.7 Å². The number of amides is 1. The standard InChI is InChI=1S/C21H21ClN8OS/c1-12-9-13(2)24-20(23-12)30-17(10-14(3)28-30)25-18(31)11-32-21-27-26-19(29(21)4)15-5-7-16(22)8-6-15/h5-10H,11H2,1-4H3,(H,25,31). The number of carbonyl (C=O) groups excluding carboxylic acids is 1. The van der Waals surface area contributed by atoms with E-state index in [1.165, 1.54) is 11.8 Å². The lowest BCUT2D eigenvalue weighted by Gasteiger charge is -2.09. The molecule has 0 aliphatic heterocycles. The van der Waals surface area contributed by atoms with Gasteiger partial charge >= 0.3 is 0 Å². The van der Waals surface area contributed by atoms with Gasteiger partial charge in [0.25, 0.3) is 5.95 Å². The first-order valence-corrected chi connectivity index (χ1v) is 11.1. The van der Waals surface area contributed by atoms with E-state index in [0.29, 0.717) is 27.8 Å². The van der Waals surface area contributed by atoms with Crippen molar-refractivity contribution in [2.45, 2.75) is 25.9 Å². The van der Waals surface area contributed by atoms with E-state index in [2.05, 4.69) is 30.6 Å². The van der Waals surface area contributed by atoms with Crippen molar-refractivity contribution in [2.75, 3.05) is 11.1 Å². The largest absolute Gasteiger partial charge is 0.310 e. The summed E-state index contributed by atoms with van der Waals surface area (Å²) in [4.78, 5) is 21.5. The molecule has 0 fully saturated rings. The van der Waals surface area contributed by atoms with Gasteiger partial charge in [0.2, 0.25) is 5.91 Å². The van der Waals surface area contributed by atoms with Crippen molar-refractivity contribution < 1.29 is 4.79 Å². The summed E-state index contributed by atoms with van der Waals surface area (Å²) in [5, 5.41) is 17.1. The zero-order chi connectivity index (χ0) is 22.8. The van der Waals surface area contributed by atoms with Gasteiger partial charge < -0.3 is 9.88 Å². The minimum atomic E-state index is -0.198. The first kappa shape index (κ1) is 22.0. The van der Waals surface area contributed by atoms with E-state index in [1.54, 1.807) is 22.9 Å². The maximum absolute atomic E-state index is 12.7. The third kappa shape index (κ3) is 4.81. The number of benzene rings is 1. The molecular formula is C21H21ClN8OS. The predicted octanol–water partition coefficient (Wildman–Crippen LogP) is 3.77. The molecule has 1 N–H and O–H groups in total. The third-order valence-corrected chi connectivity index (χ3v) is 5.80. The Labute approximate surface area is 194 Å². The number of nitrogens with zero attached hydrogens (tertiary/aromatic N) is 7. The van der Waals surface area contributed by atoms with Crippen LogP contribution in [0, 0.1) is 20.8 Å². The molecule has 3 aromatic heterocycles. The Kier molecular flexibility index (Phi) is 6.24. The molecular weight excluding hydrogens is 448 g/mol. The van der Waals surface area contributed by atoms with Gasteiger partial charge in [-0.2, -0.15) is 9.78 Å². The first-order valence-electron chi connectivity index (χ1n) is 9.77. The molecule has 9 nitrogen and oxygen atoms in total. The Hall–Kier alpha value is -3.24. The molecule has 164 valence electrons. The second kappa shape index (κ2) is 9.09. The molecule has 0 aliphatic carbocycles. The number of aryl methyl sites for hydroxylation is 3. The summed E-state index contributed by atoms with van der Waals surface area (Å²) in [6, 6.07) is 11.0. The van der Waals surface area contributed by atoms with Crippen molar-refractivity contribution in [2.24, 2.45) is 7.05 Å². The second-order valence-corrected chi connectivity index (χ2v) is 8.62. The Balaban J connectivity index is 1.46. The van der Waals surface area contributed by atoms with Crippen molar-refractivity contribution in [3.8, 4) is 17.3 Å². The summed E-state index contributed by atoms with van der Waals surface area (Å²) in [6.45, 7) is 5.63. The number of hydrogen-bond acceptors (Lipinski definition) is 7. The van der Waals surface area contributed by atoms with Crippen molar-refractivity contribution in [1.82, 2.24) is 34.5 Å². The zero-order valence-electron chi connectivity index (χ0n) is 18.0. The molecule has 4 rings (SSSR count). The number of aromatic nitrogens is 7. The lowest BCUT2D eigenvalue weighted by molar-refractivity contribution is -0.113. The minimum Gasteiger partial charge on any atom is -0.310 e. The molecule has 0 saturated carbocycles. The van der Waals surface area contributed by atoms with E-state index in [1.807, 2.05) is 50.6 Å². The lowest BCUT2D eigenvalue weighted by atomic mass is 10.2. The molecule has 0 spiro atoms. The first-order chi connectivity index (χ1) is 15.3. The van der Waals surface area contributed by atoms with Gasteiger partial charge in [-0.1, -0.05) is 23.4 Å². The monoisotopic (exact) mass is 468 g/mol. The smallest absolute Gasteiger partial charge is 0.252 e. The van der Waals surface area contributed by atoms with Crippen LogP contribution in [0.25, 0.3) is 17.3 Å². The molecule has 0 bridgehead atoms. The number of rotatable bonds is 6. The molecule has 0 atom stereocenters. The zero-order valence-corrected chi connectivity index (χ0v) is 19.6. The van der Waals surface area contributed by atoms with Gasteiger partial charge in [0, 0.05) is 35.1 Å². The molecule has 3 heterocycles. The normalized spacial score (nSPS) is 11.0. The fraction of sp³-hybridized carbons (Fsp3) is 0.238. The summed E-state index contributed by atoms with van der Waals surface area (Å²) < 4.78 is 3.39. The van der Waals surface area contributed by atoms with E-state index < -0.39 is 0 Å². The van der Waals surface area contributed by atoms with Crippen molar-refractivity contribution in [3.63, 3.8) is 0 Å². The highest BCUT2D eigenvalue weighted by molar-refractivity contribution is 7.99. The van der Waals surface area contributed by atoms with E-state index >= 15 is 0 Å². The van der Waals surface area contributed by atoms with Gasteiger partial charge in [-0.15, -0.1) is 10.2 Å². The second-order valence-electron chi connectivity index (χ2n) is 7.24. The van der Waals surface area contributed by atoms with Gasteiger partial charge in [0.1, 0.15) is 5.82 Å². The fourth-order valence-corrected chi connectivity index (χ4v) is 3.98. The molecule has 4 aromatic rings. The number of anilines is 1. The van der Waals surface area contributed by atoms with Crippen molar-refractivity contribution >= 4 is 35.1 Å². The molecule has 0 unspecified atom stereocenters. The van der Waals surface area contributed by atoms with Crippen LogP contribution in [-0.4, -0.2) is 46.2 Å². The van der Waals surface area contributed by atoms with Crippen molar-refractivity contribution in [1.29, 1.82) is 0 Å². The summed E-state index contributed by atoms with van der Waals surface area (Å²) in [5.74, 6) is 1.59. The highest BCUT2D eigenvalue weighted by Gasteiger charge is 2.16. The van der Waals surface area contributed by atoms with Crippen LogP contribution < -0.4 is 5.32 Å². The number of hydrogen-bond donors (Lipinski definition) is 1. The number of nitrogens with one attached hydrogen (secondary N) is 1. The van der Waals surface area contributed by atoms with E-state index in [4.69, 9.17) is 11.6 Å². The van der Waals surface area contributed by atoms with Gasteiger partial charge in [-0.25, -0.2) is 9.97 Å². The van der Waals surface area contributed by atoms with Crippen LogP contribution in [-0.2, 0) is 11.8 Å². The van der Waals surface area contributed by atoms with Crippen LogP contribution in [0.15, 0.2) is 41.6 Å². The Morgan fingerprint density at radius 1 is 1.03 bits per heavy atom. The maximum atomic E-state index is 12.7. The van der Waals surface area contributed by atoms with Crippen LogP contribution >= 0.6 is 23.4 Å². The van der Waals surface area contributed by atoms with Crippen LogP contribution in [0.4, 0.5) is 5.82 Å². The van der Waals surface area contributed by atoms with Gasteiger partial charge in [-0.05, 0) is 51.1 Å². The summed E-state index contributed by atoms with van der Waals surface area (Å²) in [5.41, 5.74) is 3.30. The average Bonchev–Trinajstić information content (AvgIpc) is 3.28. The van der Waals surface area contributed by atoms with Gasteiger partial charge in [0.15, 0.2) is 11.0 Å². The van der Waals surface area contributed by atoms with Gasteiger partial charge in [-0.3, -0.25) is 4.79 Å². The highest BCUT2D eigenvalue weighted by atomic mass is 35.5. The van der Waals surface area contributed by atoms with E-state index in [0.717, 1.165) is 22.6 Å². The average molecular weight is 469 g/mol. The molecule has 1 aromatic carbocycles. The summed E-state index contributed by atoms with van der Waals surface area (Å²) >= 11 is 7.25. The Morgan fingerprint density at radius 3 is 2.41 bits per heavy atom. The SMILES string of the molecule is Cc1cc(C)nc(-n2nc(C)cc2NC(=O)CSc2nnc(-c3ccc(Cl)cc3)n2C)n1. The topological polar surface area (TPSA) is 103 Å². The van der Waals surface area contributed by atoms with Crippen LogP contribution in [0.5, 0.6) is 0 Å². The number of thioether (sulfide) groups is 1. The van der Waals surface area contributed by atoms with Crippen molar-refractivity contribution in [3.05, 3.63) is 58.5 Å². The number of halogens is 1. The molecule has 0 aliphatic rings. The van der Waals surface area contributed by atoms with Crippen LogP contribution in [0.1, 0.15) is 17.1 Å². The molecule has 32 heavy (non-hydrogen) atoms. The minimum absolute atomic E-state index is 0.157. The van der Waals surface area contributed by atoms with Crippen LogP contribution in [0.2, 0.25) is 5.02 Å². The Morgan fingerprint density at radius 2 is 1.72 bits per heavy atom. The maximum Gasteiger partial charge on any atom is 0.252 e. The quantitative estimate of drug-likeness (QED) is 0.429. The predicted molar refractivity (Wildman–Crippen MR) is 124 cm³/mol. The fourth-order valence-electron chi connectivity index (χ4n) is 3.14. The third-order valence-electron chi connectivity index (χ3n) is 4.53. The lowest BCUT2D eigenvalue weighted by Crippen LogP contribution is -2.18. The Bertz CT molecular complexity index is 1260. The summed E-state index contributed by atoms with van der Waals surface area (Å²) in [7, 11) is 1.86. The summed E-state index contributed by atoms with van der Waals surface area (Å²) in [6.07, 6.45) is 0. The molecule has 0 saturated heterocycles. The highest BCUT2D eigenvalue weighted by Crippen LogP contribution is 2.24. The molecule has 1 amide bonds. The molecule has 11 heteroatoms. The molecule has 0 radical (unpaired) electrons. The van der Waals surface area contributed by atoms with Gasteiger partial charge in [0.05, 0.1) is 11.4 Å². The number of carbonyl (C=O) groups is 1. The van der Waals surface area contributed by atoms with Crippen LogP contribution in [0.3, 0.4) is 0 Å².